The summed E-state index contributed by atoms with van der Waals surface area (Å²) in [4.78, 5) is 38.2. The standard InChI is InChI=1S/C68H118O6/c1-4-7-10-13-16-19-22-24-26-28-30-31-32-33-34-35-36-37-39-40-42-44-46-49-52-55-58-61-67(70)73-64-65(63-72-66(69)60-57-54-51-48-21-18-15-12-9-6-3)74-68(71)62-59-56-53-50-47-45-43-41-38-29-27-25-23-20-17-14-11-8-5-2/h7,10,16,19,24-27,30-31,33-34,36-37,65H,4-6,8-9,11-15,17-18,20-23,28-29,32,35,38-64H2,1-3H3/b10-7-,19-16-,26-24-,27-25-,31-30-,34-33-,37-36-. The maximum Gasteiger partial charge on any atom is 0.306 e. The molecule has 0 aliphatic heterocycles. The Morgan fingerprint density at radius 3 is 0.838 bits per heavy atom. The van der Waals surface area contributed by atoms with Crippen LogP contribution in [0.3, 0.4) is 0 Å². The summed E-state index contributed by atoms with van der Waals surface area (Å²) in [5, 5.41) is 0. The molecule has 0 aromatic heterocycles. The summed E-state index contributed by atoms with van der Waals surface area (Å²) in [6, 6.07) is 0. The van der Waals surface area contributed by atoms with Gasteiger partial charge in [-0.15, -0.1) is 0 Å². The molecule has 0 aromatic carbocycles. The molecule has 0 aliphatic carbocycles. The van der Waals surface area contributed by atoms with Gasteiger partial charge in [-0.2, -0.15) is 0 Å². The quantitative estimate of drug-likeness (QED) is 0.0261. The fraction of sp³-hybridized carbons (Fsp3) is 0.750. The molecular formula is C68H118O6. The molecule has 426 valence electrons. The van der Waals surface area contributed by atoms with E-state index in [-0.39, 0.29) is 31.1 Å². The van der Waals surface area contributed by atoms with Gasteiger partial charge in [-0.05, 0) is 96.3 Å². The third kappa shape index (κ3) is 59.5. The number of hydrogen-bond acceptors (Lipinski definition) is 6. The van der Waals surface area contributed by atoms with Crippen LogP contribution in [0.15, 0.2) is 85.1 Å². The van der Waals surface area contributed by atoms with Crippen LogP contribution in [-0.4, -0.2) is 37.2 Å². The van der Waals surface area contributed by atoms with Gasteiger partial charge < -0.3 is 14.2 Å². The SMILES string of the molecule is CC/C=C\C/C=C\C/C=C\C/C=C\C/C=C\C/C=C\CCCCCCCCCCC(=O)OCC(COC(=O)CCCCCCCCCCCC)OC(=O)CCCCCCCCCCC/C=C\CCCCCCCC. The lowest BCUT2D eigenvalue weighted by Gasteiger charge is -2.18. The van der Waals surface area contributed by atoms with Crippen LogP contribution in [0.1, 0.15) is 310 Å². The number of allylic oxidation sites excluding steroid dienone is 14. The van der Waals surface area contributed by atoms with Crippen LogP contribution >= 0.6 is 0 Å². The Morgan fingerprint density at radius 2 is 0.527 bits per heavy atom. The maximum absolute atomic E-state index is 12.9. The molecule has 0 amide bonds. The van der Waals surface area contributed by atoms with Crippen LogP contribution in [0.5, 0.6) is 0 Å². The van der Waals surface area contributed by atoms with Gasteiger partial charge in [-0.25, -0.2) is 0 Å². The molecule has 74 heavy (non-hydrogen) atoms. The molecule has 6 nitrogen and oxygen atoms in total. The summed E-state index contributed by atoms with van der Waals surface area (Å²) in [7, 11) is 0. The van der Waals surface area contributed by atoms with E-state index in [4.69, 9.17) is 14.2 Å². The zero-order chi connectivity index (χ0) is 53.6. The van der Waals surface area contributed by atoms with Gasteiger partial charge in [0.1, 0.15) is 13.2 Å². The van der Waals surface area contributed by atoms with E-state index < -0.39 is 6.10 Å². The molecule has 0 radical (unpaired) electrons. The van der Waals surface area contributed by atoms with Crippen molar-refractivity contribution in [2.24, 2.45) is 0 Å². The molecule has 1 unspecified atom stereocenters. The zero-order valence-electron chi connectivity index (χ0n) is 48.8. The van der Waals surface area contributed by atoms with E-state index in [1.54, 1.807) is 0 Å². The fourth-order valence-corrected chi connectivity index (χ4v) is 8.91. The highest BCUT2D eigenvalue weighted by molar-refractivity contribution is 5.71. The summed E-state index contributed by atoms with van der Waals surface area (Å²) >= 11 is 0. The van der Waals surface area contributed by atoms with Crippen molar-refractivity contribution in [2.75, 3.05) is 13.2 Å². The molecule has 0 spiro atoms. The van der Waals surface area contributed by atoms with Crippen LogP contribution in [0.2, 0.25) is 0 Å². The minimum atomic E-state index is -0.779. The number of esters is 3. The molecule has 0 saturated heterocycles. The smallest absolute Gasteiger partial charge is 0.306 e. The van der Waals surface area contributed by atoms with Gasteiger partial charge in [0.05, 0.1) is 0 Å². The summed E-state index contributed by atoms with van der Waals surface area (Å²) in [6.07, 6.45) is 81.6. The molecule has 0 bridgehead atoms. The third-order valence-corrected chi connectivity index (χ3v) is 13.6. The van der Waals surface area contributed by atoms with Crippen molar-refractivity contribution in [3.8, 4) is 0 Å². The number of ether oxygens (including phenoxy) is 3. The van der Waals surface area contributed by atoms with E-state index in [9.17, 15) is 14.4 Å². The number of carbonyl (C=O) groups is 3. The van der Waals surface area contributed by atoms with Gasteiger partial charge in [0.15, 0.2) is 6.10 Å². The predicted octanol–water partition coefficient (Wildman–Crippen LogP) is 21.5. The highest BCUT2D eigenvalue weighted by atomic mass is 16.6. The van der Waals surface area contributed by atoms with Crippen molar-refractivity contribution in [3.63, 3.8) is 0 Å². The first kappa shape index (κ1) is 70.6. The van der Waals surface area contributed by atoms with E-state index >= 15 is 0 Å². The largest absolute Gasteiger partial charge is 0.462 e. The van der Waals surface area contributed by atoms with E-state index in [1.165, 1.54) is 167 Å². The van der Waals surface area contributed by atoms with Gasteiger partial charge in [0.25, 0.3) is 0 Å². The predicted molar refractivity (Wildman–Crippen MR) is 321 cm³/mol. The number of rotatable bonds is 57. The molecule has 0 rings (SSSR count). The Balaban J connectivity index is 4.26. The third-order valence-electron chi connectivity index (χ3n) is 13.6. The maximum atomic E-state index is 12.9. The van der Waals surface area contributed by atoms with E-state index in [2.05, 4.69) is 106 Å². The van der Waals surface area contributed by atoms with Crippen LogP contribution < -0.4 is 0 Å². The lowest BCUT2D eigenvalue weighted by Crippen LogP contribution is -2.30. The second kappa shape index (κ2) is 62.1. The fourth-order valence-electron chi connectivity index (χ4n) is 8.91. The summed E-state index contributed by atoms with van der Waals surface area (Å²) in [6.45, 7) is 6.53. The van der Waals surface area contributed by atoms with E-state index in [0.717, 1.165) is 103 Å². The lowest BCUT2D eigenvalue weighted by molar-refractivity contribution is -0.167. The summed E-state index contributed by atoms with van der Waals surface area (Å²) in [5.41, 5.74) is 0. The number of unbranched alkanes of at least 4 members (excludes halogenated alkanes) is 32. The molecule has 0 N–H and O–H groups in total. The Labute approximate surface area is 458 Å². The Hall–Kier alpha value is -3.41. The van der Waals surface area contributed by atoms with Gasteiger partial charge in [-0.1, -0.05) is 279 Å². The molecule has 0 aromatic rings. The Bertz CT molecular complexity index is 1420. The number of carbonyl (C=O) groups excluding carboxylic acids is 3. The average molecular weight is 1030 g/mol. The molecular weight excluding hydrogens is 913 g/mol. The molecule has 0 heterocycles. The number of hydrogen-bond donors (Lipinski definition) is 0. The van der Waals surface area contributed by atoms with Gasteiger partial charge >= 0.3 is 17.9 Å². The minimum absolute atomic E-state index is 0.0769. The second-order valence-corrected chi connectivity index (χ2v) is 20.9. The van der Waals surface area contributed by atoms with Crippen molar-refractivity contribution >= 4 is 17.9 Å². The topological polar surface area (TPSA) is 78.9 Å². The second-order valence-electron chi connectivity index (χ2n) is 20.9. The van der Waals surface area contributed by atoms with Crippen molar-refractivity contribution in [1.82, 2.24) is 0 Å². The van der Waals surface area contributed by atoms with Crippen molar-refractivity contribution in [2.45, 2.75) is 316 Å². The lowest BCUT2D eigenvalue weighted by atomic mass is 10.1. The minimum Gasteiger partial charge on any atom is -0.462 e. The van der Waals surface area contributed by atoms with E-state index in [1.807, 2.05) is 0 Å². The zero-order valence-corrected chi connectivity index (χ0v) is 48.8. The van der Waals surface area contributed by atoms with Crippen molar-refractivity contribution in [3.05, 3.63) is 85.1 Å². The van der Waals surface area contributed by atoms with Crippen molar-refractivity contribution in [1.29, 1.82) is 0 Å². The highest BCUT2D eigenvalue weighted by Gasteiger charge is 2.19. The first-order valence-corrected chi connectivity index (χ1v) is 31.6. The first-order valence-electron chi connectivity index (χ1n) is 31.6. The molecule has 0 saturated carbocycles. The Morgan fingerprint density at radius 1 is 0.284 bits per heavy atom. The molecule has 0 aliphatic rings. The molecule has 0 fully saturated rings. The Kier molecular flexibility index (Phi) is 59.3. The van der Waals surface area contributed by atoms with Crippen LogP contribution in [-0.2, 0) is 28.6 Å². The summed E-state index contributed by atoms with van der Waals surface area (Å²) in [5.74, 6) is -0.878. The average Bonchev–Trinajstić information content (AvgIpc) is 3.40. The highest BCUT2D eigenvalue weighted by Crippen LogP contribution is 2.16. The van der Waals surface area contributed by atoms with Crippen LogP contribution in [0, 0.1) is 0 Å². The molecule has 1 atom stereocenters. The van der Waals surface area contributed by atoms with Gasteiger partial charge in [0.2, 0.25) is 0 Å². The monoisotopic (exact) mass is 1030 g/mol. The van der Waals surface area contributed by atoms with Crippen molar-refractivity contribution < 1.29 is 28.6 Å². The first-order chi connectivity index (χ1) is 36.5. The normalized spacial score (nSPS) is 12.6. The molecule has 6 heteroatoms. The van der Waals surface area contributed by atoms with Gasteiger partial charge in [-0.3, -0.25) is 14.4 Å². The van der Waals surface area contributed by atoms with E-state index in [0.29, 0.717) is 19.3 Å². The van der Waals surface area contributed by atoms with Crippen LogP contribution in [0.4, 0.5) is 0 Å². The van der Waals surface area contributed by atoms with Crippen LogP contribution in [0.25, 0.3) is 0 Å². The summed E-state index contributed by atoms with van der Waals surface area (Å²) < 4.78 is 16.9. The van der Waals surface area contributed by atoms with Gasteiger partial charge in [0, 0.05) is 19.3 Å².